The first-order valence-corrected chi connectivity index (χ1v) is 5.71. The molecule has 0 amide bonds. The van der Waals surface area contributed by atoms with Crippen LogP contribution in [-0.2, 0) is 0 Å². The minimum atomic E-state index is 0.0226. The summed E-state index contributed by atoms with van der Waals surface area (Å²) in [5.74, 6) is 0. The second-order valence-corrected chi connectivity index (χ2v) is 4.30. The Balaban J connectivity index is 2.33. The summed E-state index contributed by atoms with van der Waals surface area (Å²) < 4.78 is 0.464. The zero-order valence-corrected chi connectivity index (χ0v) is 10.4. The van der Waals surface area contributed by atoms with Gasteiger partial charge in [0.1, 0.15) is 4.51 Å². The van der Waals surface area contributed by atoms with Crippen molar-refractivity contribution in [3.8, 4) is 0 Å². The molecule has 0 aliphatic carbocycles. The van der Waals surface area contributed by atoms with Gasteiger partial charge in [0.2, 0.25) is 5.43 Å². The quantitative estimate of drug-likeness (QED) is 0.749. The van der Waals surface area contributed by atoms with Gasteiger partial charge in [-0.3, -0.25) is 4.79 Å². The Morgan fingerprint density at radius 2 is 2.07 bits per heavy atom. The van der Waals surface area contributed by atoms with Crippen LogP contribution in [0.25, 0.3) is 0 Å². The lowest BCUT2D eigenvalue weighted by atomic mass is 10.1. The number of anilines is 1. The fraction of sp³-hybridized carbons (Fsp3) is 0.636. The van der Waals surface area contributed by atoms with Crippen LogP contribution >= 0.6 is 12.2 Å². The van der Waals surface area contributed by atoms with Crippen molar-refractivity contribution in [2.75, 3.05) is 32.0 Å². The molecule has 1 aromatic rings. The molecule has 0 heterocycles. The number of nitrogens with one attached hydrogen (secondary N) is 1. The largest absolute Gasteiger partial charge is 0.382 e. The third-order valence-corrected chi connectivity index (χ3v) is 2.94. The molecule has 0 spiro atoms. The minimum Gasteiger partial charge on any atom is -0.382 e. The number of nitrogens with zero attached hydrogens (tertiary/aromatic N) is 1. The van der Waals surface area contributed by atoms with Gasteiger partial charge in [0, 0.05) is 18.7 Å². The van der Waals surface area contributed by atoms with Gasteiger partial charge in [0.15, 0.2) is 0 Å². The Hall–Kier alpha value is -0.740. The van der Waals surface area contributed by atoms with E-state index in [0.717, 1.165) is 37.3 Å². The average molecular weight is 226 g/mol. The van der Waals surface area contributed by atoms with Crippen LogP contribution in [0.15, 0.2) is 4.79 Å². The highest BCUT2D eigenvalue weighted by atomic mass is 32.1. The maximum atomic E-state index is 11.1. The second kappa shape index (κ2) is 5.37. The molecule has 0 saturated heterocycles. The van der Waals surface area contributed by atoms with E-state index < -0.39 is 0 Å². The summed E-state index contributed by atoms with van der Waals surface area (Å²) in [6, 6.07) is 0. The standard InChI is InChI=1S/C11H18N2OS/c1-4-6-13(3)7-5-12-9-8(2)10(14)11(9)15/h12H,4-7H2,1-3H3. The van der Waals surface area contributed by atoms with E-state index in [9.17, 15) is 4.79 Å². The fourth-order valence-electron chi connectivity index (χ4n) is 1.58. The van der Waals surface area contributed by atoms with Gasteiger partial charge >= 0.3 is 0 Å². The molecule has 1 aromatic carbocycles. The lowest BCUT2D eigenvalue weighted by Gasteiger charge is -2.17. The molecule has 15 heavy (non-hydrogen) atoms. The molecule has 1 rings (SSSR count). The molecule has 3 nitrogen and oxygen atoms in total. The molecule has 0 fully saturated rings. The highest BCUT2D eigenvalue weighted by Crippen LogP contribution is 2.14. The first-order valence-electron chi connectivity index (χ1n) is 5.30. The molecule has 0 bridgehead atoms. The van der Waals surface area contributed by atoms with Crippen LogP contribution in [-0.4, -0.2) is 31.6 Å². The smallest absolute Gasteiger partial charge is 0.203 e. The van der Waals surface area contributed by atoms with Gasteiger partial charge < -0.3 is 10.2 Å². The highest BCUT2D eigenvalue weighted by molar-refractivity contribution is 7.71. The molecule has 0 atom stereocenters. The van der Waals surface area contributed by atoms with E-state index >= 15 is 0 Å². The Kier molecular flexibility index (Phi) is 4.42. The molecule has 0 aliphatic heterocycles. The molecule has 0 unspecified atom stereocenters. The summed E-state index contributed by atoms with van der Waals surface area (Å²) in [6.45, 7) is 6.90. The molecule has 0 aromatic heterocycles. The van der Waals surface area contributed by atoms with Crippen molar-refractivity contribution < 1.29 is 0 Å². The van der Waals surface area contributed by atoms with Gasteiger partial charge in [0.25, 0.3) is 0 Å². The van der Waals surface area contributed by atoms with Crippen molar-refractivity contribution in [3.63, 3.8) is 0 Å². The van der Waals surface area contributed by atoms with Gasteiger partial charge in [0.05, 0.1) is 5.69 Å². The van der Waals surface area contributed by atoms with E-state index in [-0.39, 0.29) is 5.43 Å². The SMILES string of the molecule is CCCN(C)CCNc1c(C)c(=O)c1=S. The van der Waals surface area contributed by atoms with Crippen molar-refractivity contribution >= 4 is 17.9 Å². The Morgan fingerprint density at radius 3 is 2.60 bits per heavy atom. The summed E-state index contributed by atoms with van der Waals surface area (Å²) in [4.78, 5) is 13.4. The lowest BCUT2D eigenvalue weighted by Crippen LogP contribution is -2.28. The minimum absolute atomic E-state index is 0.0226. The van der Waals surface area contributed by atoms with Crippen LogP contribution in [0.4, 0.5) is 5.69 Å². The molecule has 0 aliphatic rings. The average Bonchev–Trinajstić information content (AvgIpc) is 2.23. The van der Waals surface area contributed by atoms with Crippen LogP contribution in [0.5, 0.6) is 0 Å². The van der Waals surface area contributed by atoms with E-state index in [1.807, 2.05) is 6.92 Å². The first-order chi connectivity index (χ1) is 7.07. The van der Waals surface area contributed by atoms with Crippen LogP contribution in [0.3, 0.4) is 0 Å². The zero-order chi connectivity index (χ0) is 11.4. The van der Waals surface area contributed by atoms with Crippen molar-refractivity contribution in [2.45, 2.75) is 20.3 Å². The van der Waals surface area contributed by atoms with Crippen LogP contribution in [0.2, 0.25) is 0 Å². The summed E-state index contributed by atoms with van der Waals surface area (Å²) in [5.41, 5.74) is 1.67. The second-order valence-electron chi connectivity index (χ2n) is 3.89. The van der Waals surface area contributed by atoms with E-state index in [2.05, 4.69) is 24.2 Å². The van der Waals surface area contributed by atoms with Crippen LogP contribution in [0.1, 0.15) is 18.9 Å². The molecule has 0 radical (unpaired) electrons. The van der Waals surface area contributed by atoms with Gasteiger partial charge in [-0.15, -0.1) is 0 Å². The Bertz CT molecular complexity index is 393. The molecular weight excluding hydrogens is 208 g/mol. The van der Waals surface area contributed by atoms with Crippen LogP contribution in [0, 0.1) is 11.4 Å². The first kappa shape index (κ1) is 12.3. The zero-order valence-electron chi connectivity index (χ0n) is 9.59. The van der Waals surface area contributed by atoms with Gasteiger partial charge in [-0.2, -0.15) is 0 Å². The Morgan fingerprint density at radius 1 is 1.40 bits per heavy atom. The van der Waals surface area contributed by atoms with E-state index in [1.165, 1.54) is 0 Å². The van der Waals surface area contributed by atoms with Crippen LogP contribution < -0.4 is 10.7 Å². The number of hydrogen-bond acceptors (Lipinski definition) is 4. The van der Waals surface area contributed by atoms with E-state index in [4.69, 9.17) is 12.2 Å². The van der Waals surface area contributed by atoms with Gasteiger partial charge in [-0.1, -0.05) is 19.1 Å². The third-order valence-electron chi connectivity index (χ3n) is 2.55. The van der Waals surface area contributed by atoms with Crippen molar-refractivity contribution in [2.24, 2.45) is 0 Å². The topological polar surface area (TPSA) is 32.3 Å². The molecular formula is C11H18N2OS. The number of likely N-dealkylation sites (N-methyl/N-ethyl adjacent to an activating group) is 1. The van der Waals surface area contributed by atoms with Crippen molar-refractivity contribution in [1.82, 2.24) is 4.90 Å². The fourth-order valence-corrected chi connectivity index (χ4v) is 1.96. The normalized spacial score (nSPS) is 11.2. The highest BCUT2D eigenvalue weighted by Gasteiger charge is 2.12. The van der Waals surface area contributed by atoms with Crippen molar-refractivity contribution in [3.05, 3.63) is 20.3 Å². The van der Waals surface area contributed by atoms with Gasteiger partial charge in [-0.25, -0.2) is 0 Å². The maximum Gasteiger partial charge on any atom is 0.203 e. The monoisotopic (exact) mass is 226 g/mol. The molecule has 0 saturated carbocycles. The maximum absolute atomic E-state index is 11.1. The third kappa shape index (κ3) is 2.86. The number of rotatable bonds is 6. The van der Waals surface area contributed by atoms with E-state index in [1.54, 1.807) is 0 Å². The number of hydrogen-bond donors (Lipinski definition) is 1. The van der Waals surface area contributed by atoms with E-state index in [0.29, 0.717) is 4.51 Å². The summed E-state index contributed by atoms with van der Waals surface area (Å²) in [7, 11) is 2.09. The molecule has 84 valence electrons. The Labute approximate surface area is 95.8 Å². The summed E-state index contributed by atoms with van der Waals surface area (Å²) in [6.07, 6.45) is 1.16. The predicted molar refractivity (Wildman–Crippen MR) is 66.9 cm³/mol. The summed E-state index contributed by atoms with van der Waals surface area (Å²) in [5, 5.41) is 3.21. The lowest BCUT2D eigenvalue weighted by molar-refractivity contribution is 0.348. The van der Waals surface area contributed by atoms with Crippen molar-refractivity contribution in [1.29, 1.82) is 0 Å². The predicted octanol–water partition coefficient (Wildman–Crippen LogP) is 1.71. The summed E-state index contributed by atoms with van der Waals surface area (Å²) >= 11 is 4.95. The van der Waals surface area contributed by atoms with Gasteiger partial charge in [-0.05, 0) is 26.9 Å². The molecule has 4 heteroatoms. The molecule has 1 N–H and O–H groups in total.